The van der Waals surface area contributed by atoms with Crippen LogP contribution in [0.4, 0.5) is 0 Å². The maximum Gasteiger partial charge on any atom is 0.336 e. The Morgan fingerprint density at radius 1 is 1.00 bits per heavy atom. The second kappa shape index (κ2) is 12.2. The lowest BCUT2D eigenvalue weighted by Crippen LogP contribution is -2.49. The Kier molecular flexibility index (Phi) is 8.77. The lowest BCUT2D eigenvalue weighted by Gasteiger charge is -2.35. The van der Waals surface area contributed by atoms with Crippen LogP contribution in [0.3, 0.4) is 0 Å². The van der Waals surface area contributed by atoms with Crippen molar-refractivity contribution in [1.82, 2.24) is 15.1 Å². The molecule has 2 heterocycles. The van der Waals surface area contributed by atoms with Crippen LogP contribution in [-0.4, -0.2) is 59.9 Å². The van der Waals surface area contributed by atoms with E-state index >= 15 is 0 Å². The average molecular weight is 504 g/mol. The predicted octanol–water partition coefficient (Wildman–Crippen LogP) is 3.93. The SMILES string of the molecule is CCOC(=O)C1=C(C)N(CC(=O)NC2CCN(Cc3ccccc3)CC2)C(=O)CC1c1ccc(C)cc1. The molecule has 2 amide bonds. The molecule has 0 saturated carbocycles. The van der Waals surface area contributed by atoms with Crippen molar-refractivity contribution in [3.63, 3.8) is 0 Å². The van der Waals surface area contributed by atoms with E-state index in [-0.39, 0.29) is 43.3 Å². The molecular formula is C30H37N3O4. The van der Waals surface area contributed by atoms with Gasteiger partial charge in [0, 0.05) is 43.7 Å². The molecular weight excluding hydrogens is 466 g/mol. The molecule has 0 aromatic heterocycles. The molecule has 0 bridgehead atoms. The van der Waals surface area contributed by atoms with Crippen LogP contribution in [0.5, 0.6) is 0 Å². The molecule has 1 saturated heterocycles. The molecule has 1 unspecified atom stereocenters. The Labute approximate surface area is 219 Å². The van der Waals surface area contributed by atoms with Gasteiger partial charge in [0.2, 0.25) is 11.8 Å². The van der Waals surface area contributed by atoms with Crippen LogP contribution < -0.4 is 5.32 Å². The van der Waals surface area contributed by atoms with Crippen LogP contribution in [0.25, 0.3) is 0 Å². The Balaban J connectivity index is 1.40. The van der Waals surface area contributed by atoms with Crippen LogP contribution in [0.2, 0.25) is 0 Å². The zero-order valence-corrected chi connectivity index (χ0v) is 22.0. The topological polar surface area (TPSA) is 79.0 Å². The zero-order chi connectivity index (χ0) is 26.4. The lowest BCUT2D eigenvalue weighted by molar-refractivity contribution is -0.141. The first-order chi connectivity index (χ1) is 17.9. The Bertz CT molecular complexity index is 1140. The van der Waals surface area contributed by atoms with Gasteiger partial charge in [-0.15, -0.1) is 0 Å². The number of esters is 1. The number of ether oxygens (including phenoxy) is 1. The number of likely N-dealkylation sites (tertiary alicyclic amines) is 1. The second-order valence-electron chi connectivity index (χ2n) is 9.97. The van der Waals surface area contributed by atoms with E-state index in [2.05, 4.69) is 34.5 Å². The molecule has 2 aliphatic heterocycles. The third-order valence-corrected chi connectivity index (χ3v) is 7.30. The summed E-state index contributed by atoms with van der Waals surface area (Å²) in [6.45, 7) is 8.37. The highest BCUT2D eigenvalue weighted by Gasteiger charge is 2.37. The molecule has 0 spiro atoms. The summed E-state index contributed by atoms with van der Waals surface area (Å²) in [5.74, 6) is -1.19. The summed E-state index contributed by atoms with van der Waals surface area (Å²) >= 11 is 0. The number of hydrogen-bond donors (Lipinski definition) is 1. The molecule has 37 heavy (non-hydrogen) atoms. The van der Waals surface area contributed by atoms with Crippen molar-refractivity contribution in [3.8, 4) is 0 Å². The number of allylic oxidation sites excluding steroid dienone is 1. The quantitative estimate of drug-likeness (QED) is 0.553. The largest absolute Gasteiger partial charge is 0.463 e. The van der Waals surface area contributed by atoms with Gasteiger partial charge in [-0.25, -0.2) is 4.79 Å². The molecule has 196 valence electrons. The summed E-state index contributed by atoms with van der Waals surface area (Å²) in [6.07, 6.45) is 1.86. The monoisotopic (exact) mass is 503 g/mol. The zero-order valence-electron chi connectivity index (χ0n) is 22.0. The van der Waals surface area contributed by atoms with E-state index in [4.69, 9.17) is 4.74 Å². The minimum atomic E-state index is -0.436. The van der Waals surface area contributed by atoms with Crippen LogP contribution >= 0.6 is 0 Å². The van der Waals surface area contributed by atoms with Crippen LogP contribution in [-0.2, 0) is 25.7 Å². The van der Waals surface area contributed by atoms with Crippen molar-refractivity contribution in [2.45, 2.75) is 58.5 Å². The number of rotatable bonds is 8. The van der Waals surface area contributed by atoms with Crippen molar-refractivity contribution >= 4 is 17.8 Å². The van der Waals surface area contributed by atoms with E-state index < -0.39 is 5.97 Å². The minimum absolute atomic E-state index is 0.0773. The van der Waals surface area contributed by atoms with E-state index in [0.717, 1.165) is 43.6 Å². The van der Waals surface area contributed by atoms with Gasteiger partial charge in [-0.2, -0.15) is 0 Å². The summed E-state index contributed by atoms with van der Waals surface area (Å²) in [5, 5.41) is 3.11. The normalized spacial score (nSPS) is 19.2. The van der Waals surface area contributed by atoms with Gasteiger partial charge >= 0.3 is 5.97 Å². The number of nitrogens with zero attached hydrogens (tertiary/aromatic N) is 2. The summed E-state index contributed by atoms with van der Waals surface area (Å²) in [4.78, 5) is 42.9. The van der Waals surface area contributed by atoms with E-state index in [1.54, 1.807) is 13.8 Å². The molecule has 0 aliphatic carbocycles. The number of piperidine rings is 1. The van der Waals surface area contributed by atoms with Gasteiger partial charge in [0.15, 0.2) is 0 Å². The Morgan fingerprint density at radius 3 is 2.32 bits per heavy atom. The first-order valence-corrected chi connectivity index (χ1v) is 13.2. The maximum atomic E-state index is 13.2. The number of amides is 2. The van der Waals surface area contributed by atoms with Crippen LogP contribution in [0.1, 0.15) is 55.7 Å². The molecule has 2 aromatic rings. The van der Waals surface area contributed by atoms with Gasteiger partial charge in [-0.1, -0.05) is 60.2 Å². The fourth-order valence-electron chi connectivity index (χ4n) is 5.25. The minimum Gasteiger partial charge on any atom is -0.463 e. The fourth-order valence-corrected chi connectivity index (χ4v) is 5.25. The van der Waals surface area contributed by atoms with E-state index in [1.807, 2.05) is 37.3 Å². The van der Waals surface area contributed by atoms with Gasteiger partial charge in [-0.3, -0.25) is 14.5 Å². The van der Waals surface area contributed by atoms with Crippen molar-refractivity contribution < 1.29 is 19.1 Å². The summed E-state index contributed by atoms with van der Waals surface area (Å²) in [6, 6.07) is 18.3. The Morgan fingerprint density at radius 2 is 1.68 bits per heavy atom. The van der Waals surface area contributed by atoms with Crippen molar-refractivity contribution in [1.29, 1.82) is 0 Å². The third kappa shape index (κ3) is 6.66. The molecule has 7 nitrogen and oxygen atoms in total. The summed E-state index contributed by atoms with van der Waals surface area (Å²) in [5.41, 5.74) is 4.24. The summed E-state index contributed by atoms with van der Waals surface area (Å²) < 4.78 is 5.35. The highest BCUT2D eigenvalue weighted by atomic mass is 16.5. The van der Waals surface area contributed by atoms with Gasteiger partial charge in [0.25, 0.3) is 0 Å². The highest BCUT2D eigenvalue weighted by Crippen LogP contribution is 2.37. The van der Waals surface area contributed by atoms with Gasteiger partial charge in [0.05, 0.1) is 12.2 Å². The van der Waals surface area contributed by atoms with Crippen LogP contribution in [0, 0.1) is 6.92 Å². The van der Waals surface area contributed by atoms with Crippen molar-refractivity contribution in [2.75, 3.05) is 26.2 Å². The summed E-state index contributed by atoms with van der Waals surface area (Å²) in [7, 11) is 0. The number of carbonyl (C=O) groups is 3. The second-order valence-corrected chi connectivity index (χ2v) is 9.97. The predicted molar refractivity (Wildman–Crippen MR) is 142 cm³/mol. The van der Waals surface area contributed by atoms with Gasteiger partial charge in [-0.05, 0) is 44.7 Å². The highest BCUT2D eigenvalue weighted by molar-refractivity contribution is 5.97. The first-order valence-electron chi connectivity index (χ1n) is 13.2. The Hall–Kier alpha value is -3.45. The number of benzene rings is 2. The van der Waals surface area contributed by atoms with Gasteiger partial charge < -0.3 is 15.0 Å². The molecule has 1 N–H and O–H groups in total. The standard InChI is InChI=1S/C30H37N3O4/c1-4-37-30(36)29-22(3)33(28(35)18-26(29)24-12-10-21(2)11-13-24)20-27(34)31-25-14-16-32(17-15-25)19-23-8-6-5-7-9-23/h5-13,25-26H,4,14-20H2,1-3H3,(H,31,34). The molecule has 2 aliphatic rings. The maximum absolute atomic E-state index is 13.2. The number of nitrogens with one attached hydrogen (secondary N) is 1. The van der Waals surface area contributed by atoms with Gasteiger partial charge in [0.1, 0.15) is 6.54 Å². The number of hydrogen-bond acceptors (Lipinski definition) is 5. The molecule has 1 fully saturated rings. The number of carbonyl (C=O) groups excluding carboxylic acids is 3. The van der Waals surface area contributed by atoms with E-state index in [9.17, 15) is 14.4 Å². The molecule has 7 heteroatoms. The van der Waals surface area contributed by atoms with Crippen molar-refractivity contribution in [2.24, 2.45) is 0 Å². The molecule has 2 aromatic carbocycles. The van der Waals surface area contributed by atoms with Crippen LogP contribution in [0.15, 0.2) is 65.9 Å². The third-order valence-electron chi connectivity index (χ3n) is 7.30. The van der Waals surface area contributed by atoms with E-state index in [0.29, 0.717) is 11.3 Å². The van der Waals surface area contributed by atoms with Crippen molar-refractivity contribution in [3.05, 3.63) is 82.6 Å². The van der Waals surface area contributed by atoms with E-state index in [1.165, 1.54) is 10.5 Å². The lowest BCUT2D eigenvalue weighted by atomic mass is 9.83. The fraction of sp³-hybridized carbons (Fsp3) is 0.433. The smallest absolute Gasteiger partial charge is 0.336 e. The first kappa shape index (κ1) is 26.6. The number of aryl methyl sites for hydroxylation is 1. The molecule has 0 radical (unpaired) electrons. The molecule has 4 rings (SSSR count). The average Bonchev–Trinajstić information content (AvgIpc) is 2.88. The molecule has 1 atom stereocenters.